The van der Waals surface area contributed by atoms with Gasteiger partial charge in [0.25, 0.3) is 0 Å². The van der Waals surface area contributed by atoms with E-state index in [0.29, 0.717) is 24.3 Å². The number of rotatable bonds is 25. The summed E-state index contributed by atoms with van der Waals surface area (Å²) in [7, 11) is 0. The van der Waals surface area contributed by atoms with Crippen molar-refractivity contribution in [1.82, 2.24) is 0 Å². The Morgan fingerprint density at radius 1 is 0.459 bits per heavy atom. The molecule has 1 aromatic carbocycles. The van der Waals surface area contributed by atoms with Crippen molar-refractivity contribution in [3.8, 4) is 0 Å². The SMILES string of the molecule is CCCCCCCCCCCCCCOC(=O)c1ccccc1C(=O)OCCCCCCCCCCC. The van der Waals surface area contributed by atoms with E-state index < -0.39 is 11.9 Å². The second kappa shape index (κ2) is 24.5. The summed E-state index contributed by atoms with van der Waals surface area (Å²) in [5.41, 5.74) is 0.608. The second-order valence-electron chi connectivity index (χ2n) is 10.5. The van der Waals surface area contributed by atoms with Crippen LogP contribution in [0.15, 0.2) is 24.3 Å². The quantitative estimate of drug-likeness (QED) is 0.0958. The maximum Gasteiger partial charge on any atom is 0.339 e. The van der Waals surface area contributed by atoms with Gasteiger partial charge in [-0.25, -0.2) is 9.59 Å². The summed E-state index contributed by atoms with van der Waals surface area (Å²) >= 11 is 0. The van der Waals surface area contributed by atoms with E-state index in [1.165, 1.54) is 109 Å². The predicted molar refractivity (Wildman–Crippen MR) is 155 cm³/mol. The van der Waals surface area contributed by atoms with E-state index in [4.69, 9.17) is 9.47 Å². The minimum Gasteiger partial charge on any atom is -0.462 e. The van der Waals surface area contributed by atoms with E-state index in [9.17, 15) is 9.59 Å². The molecular formula is C33H56O4. The molecule has 0 aromatic heterocycles. The molecule has 4 heteroatoms. The topological polar surface area (TPSA) is 52.6 Å². The molecule has 0 bridgehead atoms. The molecule has 1 rings (SSSR count). The fourth-order valence-corrected chi connectivity index (χ4v) is 4.68. The van der Waals surface area contributed by atoms with E-state index >= 15 is 0 Å². The normalized spacial score (nSPS) is 11.0. The lowest BCUT2D eigenvalue weighted by molar-refractivity contribution is 0.0450. The predicted octanol–water partition coefficient (Wildman–Crippen LogP) is 10.2. The van der Waals surface area contributed by atoms with Crippen molar-refractivity contribution in [2.75, 3.05) is 13.2 Å². The van der Waals surface area contributed by atoms with Gasteiger partial charge in [-0.1, -0.05) is 148 Å². The average Bonchev–Trinajstić information content (AvgIpc) is 2.92. The number of carbonyl (C=O) groups excluding carboxylic acids is 2. The van der Waals surface area contributed by atoms with E-state index in [1.54, 1.807) is 24.3 Å². The minimum atomic E-state index is -0.433. The molecule has 0 fully saturated rings. The first-order valence-electron chi connectivity index (χ1n) is 15.6. The van der Waals surface area contributed by atoms with Gasteiger partial charge in [0.1, 0.15) is 0 Å². The molecule has 0 saturated carbocycles. The lowest BCUT2D eigenvalue weighted by atomic mass is 10.1. The van der Waals surface area contributed by atoms with E-state index in [1.807, 2.05) is 0 Å². The van der Waals surface area contributed by atoms with E-state index in [-0.39, 0.29) is 0 Å². The zero-order chi connectivity index (χ0) is 26.8. The monoisotopic (exact) mass is 516 g/mol. The van der Waals surface area contributed by atoms with Crippen LogP contribution in [0.3, 0.4) is 0 Å². The van der Waals surface area contributed by atoms with Crippen LogP contribution in [0.2, 0.25) is 0 Å². The smallest absolute Gasteiger partial charge is 0.339 e. The molecule has 0 radical (unpaired) electrons. The molecule has 0 amide bonds. The Morgan fingerprint density at radius 2 is 0.730 bits per heavy atom. The van der Waals surface area contributed by atoms with Crippen LogP contribution in [-0.4, -0.2) is 25.2 Å². The fourth-order valence-electron chi connectivity index (χ4n) is 4.68. The maximum atomic E-state index is 12.6. The van der Waals surface area contributed by atoms with Crippen molar-refractivity contribution in [2.45, 2.75) is 149 Å². The second-order valence-corrected chi connectivity index (χ2v) is 10.5. The van der Waals surface area contributed by atoms with Crippen LogP contribution in [0.5, 0.6) is 0 Å². The van der Waals surface area contributed by atoms with Crippen molar-refractivity contribution in [3.63, 3.8) is 0 Å². The fraction of sp³-hybridized carbons (Fsp3) is 0.758. The van der Waals surface area contributed by atoms with Crippen molar-refractivity contribution in [3.05, 3.63) is 35.4 Å². The number of hydrogen-bond donors (Lipinski definition) is 0. The van der Waals surface area contributed by atoms with Crippen LogP contribution >= 0.6 is 0 Å². The highest BCUT2D eigenvalue weighted by Crippen LogP contribution is 2.15. The summed E-state index contributed by atoms with van der Waals surface area (Å²) in [4.78, 5) is 25.1. The number of esters is 2. The van der Waals surface area contributed by atoms with E-state index in [0.717, 1.165) is 25.7 Å². The van der Waals surface area contributed by atoms with Crippen LogP contribution in [0, 0.1) is 0 Å². The maximum absolute atomic E-state index is 12.6. The Kier molecular flexibility index (Phi) is 22.0. The number of unbranched alkanes of at least 4 members (excludes halogenated alkanes) is 19. The molecule has 0 unspecified atom stereocenters. The summed E-state index contributed by atoms with van der Waals surface area (Å²) in [5, 5.41) is 0. The molecule has 0 aliphatic carbocycles. The first-order valence-corrected chi connectivity index (χ1v) is 15.6. The van der Waals surface area contributed by atoms with Crippen LogP contribution in [0.25, 0.3) is 0 Å². The number of ether oxygens (including phenoxy) is 2. The Labute approximate surface area is 228 Å². The molecule has 37 heavy (non-hydrogen) atoms. The molecule has 0 spiro atoms. The van der Waals surface area contributed by atoms with Gasteiger partial charge in [-0.2, -0.15) is 0 Å². The first kappa shape index (κ1) is 33.2. The van der Waals surface area contributed by atoms with Gasteiger partial charge in [-0.3, -0.25) is 0 Å². The lowest BCUT2D eigenvalue weighted by Crippen LogP contribution is -2.15. The van der Waals surface area contributed by atoms with Gasteiger partial charge < -0.3 is 9.47 Å². The molecule has 0 atom stereocenters. The molecule has 212 valence electrons. The van der Waals surface area contributed by atoms with Gasteiger partial charge >= 0.3 is 11.9 Å². The van der Waals surface area contributed by atoms with Gasteiger partial charge in [0.2, 0.25) is 0 Å². The van der Waals surface area contributed by atoms with Crippen LogP contribution < -0.4 is 0 Å². The Morgan fingerprint density at radius 3 is 1.03 bits per heavy atom. The van der Waals surface area contributed by atoms with Crippen molar-refractivity contribution in [1.29, 1.82) is 0 Å². The summed E-state index contributed by atoms with van der Waals surface area (Å²) in [6.45, 7) is 5.30. The Hall–Kier alpha value is -1.84. The molecule has 4 nitrogen and oxygen atoms in total. The summed E-state index contributed by atoms with van der Waals surface area (Å²) in [6, 6.07) is 6.83. The zero-order valence-corrected chi connectivity index (χ0v) is 24.2. The highest BCUT2D eigenvalue weighted by atomic mass is 16.5. The highest BCUT2D eigenvalue weighted by molar-refractivity contribution is 6.03. The number of carbonyl (C=O) groups is 2. The largest absolute Gasteiger partial charge is 0.462 e. The van der Waals surface area contributed by atoms with Gasteiger partial charge in [-0.15, -0.1) is 0 Å². The third-order valence-corrected chi connectivity index (χ3v) is 7.08. The zero-order valence-electron chi connectivity index (χ0n) is 24.2. The molecule has 0 saturated heterocycles. The van der Waals surface area contributed by atoms with Gasteiger partial charge in [-0.05, 0) is 25.0 Å². The van der Waals surface area contributed by atoms with Gasteiger partial charge in [0, 0.05) is 0 Å². The van der Waals surface area contributed by atoms with Crippen molar-refractivity contribution in [2.24, 2.45) is 0 Å². The third-order valence-electron chi connectivity index (χ3n) is 7.08. The number of benzene rings is 1. The molecule has 1 aromatic rings. The molecule has 0 aliphatic rings. The summed E-state index contributed by atoms with van der Waals surface area (Å²) in [5.74, 6) is -0.865. The van der Waals surface area contributed by atoms with Crippen LogP contribution in [0.1, 0.15) is 169 Å². The van der Waals surface area contributed by atoms with Gasteiger partial charge in [0.05, 0.1) is 24.3 Å². The van der Waals surface area contributed by atoms with Crippen LogP contribution in [0.4, 0.5) is 0 Å². The molecular weight excluding hydrogens is 460 g/mol. The summed E-state index contributed by atoms with van der Waals surface area (Å²) in [6.07, 6.45) is 26.2. The minimum absolute atomic E-state index is 0.304. The molecule has 0 aliphatic heterocycles. The summed E-state index contributed by atoms with van der Waals surface area (Å²) < 4.78 is 10.9. The lowest BCUT2D eigenvalue weighted by Gasteiger charge is -2.10. The third kappa shape index (κ3) is 18.1. The standard InChI is InChI=1S/C33H56O4/c1-3-5-7-9-11-13-14-15-17-19-21-25-29-37-33(35)31-27-23-22-26-30(31)32(34)36-28-24-20-18-16-12-10-8-6-4-2/h22-23,26-27H,3-21,24-25,28-29H2,1-2H3. The Balaban J connectivity index is 2.13. The van der Waals surface area contributed by atoms with Crippen molar-refractivity contribution < 1.29 is 19.1 Å². The van der Waals surface area contributed by atoms with E-state index in [2.05, 4.69) is 13.8 Å². The Bertz CT molecular complexity index is 685. The van der Waals surface area contributed by atoms with Gasteiger partial charge in [0.15, 0.2) is 0 Å². The first-order chi connectivity index (χ1) is 18.2. The average molecular weight is 517 g/mol. The van der Waals surface area contributed by atoms with Crippen molar-refractivity contribution >= 4 is 11.9 Å². The molecule has 0 N–H and O–H groups in total. The molecule has 0 heterocycles. The number of hydrogen-bond acceptors (Lipinski definition) is 4. The highest BCUT2D eigenvalue weighted by Gasteiger charge is 2.18. The van der Waals surface area contributed by atoms with Crippen LogP contribution in [-0.2, 0) is 9.47 Å².